The lowest BCUT2D eigenvalue weighted by atomic mass is 9.75. The number of likely N-dealkylation sites (tertiary alicyclic amines) is 1. The molecular weight excluding hydrogens is 388 g/mol. The number of imide groups is 1. The molecule has 2 aliphatic rings. The average molecular weight is 418 g/mol. The van der Waals surface area contributed by atoms with Gasteiger partial charge in [0, 0.05) is 24.2 Å². The fourth-order valence-electron chi connectivity index (χ4n) is 4.90. The zero-order chi connectivity index (χ0) is 22.2. The van der Waals surface area contributed by atoms with Gasteiger partial charge in [-0.1, -0.05) is 33.3 Å². The number of benzene rings is 1. The number of amides is 2. The summed E-state index contributed by atoms with van der Waals surface area (Å²) in [5.41, 5.74) is -1.19. The standard InChI is InChI=1S/C22H30N2O6/c1-5-6-9-24-19(26)16-17(20(24)27)22(21(28)29,11-12(2)3)23-18(16)14-8-7-13(30-4)10-15(14)25/h7-8,10,12,16-18,23,25H,5-6,9,11H2,1-4H3,(H,28,29)/t16-,17+,18-,22-/m0/s1. The molecule has 2 amide bonds. The van der Waals surface area contributed by atoms with Crippen LogP contribution in [0, 0.1) is 17.8 Å². The van der Waals surface area contributed by atoms with Crippen LogP contribution in [0.4, 0.5) is 0 Å². The van der Waals surface area contributed by atoms with Crippen LogP contribution in [0.15, 0.2) is 18.2 Å². The molecule has 0 unspecified atom stereocenters. The van der Waals surface area contributed by atoms with Gasteiger partial charge in [-0.3, -0.25) is 24.6 Å². The Morgan fingerprint density at radius 1 is 1.30 bits per heavy atom. The number of carbonyl (C=O) groups is 3. The normalized spacial score (nSPS) is 28.3. The minimum Gasteiger partial charge on any atom is -0.507 e. The van der Waals surface area contributed by atoms with Gasteiger partial charge in [0.25, 0.3) is 0 Å². The van der Waals surface area contributed by atoms with E-state index in [0.29, 0.717) is 17.7 Å². The molecular formula is C22H30N2O6. The van der Waals surface area contributed by atoms with E-state index in [1.165, 1.54) is 18.1 Å². The first-order valence-electron chi connectivity index (χ1n) is 10.4. The van der Waals surface area contributed by atoms with Gasteiger partial charge in [0.2, 0.25) is 11.8 Å². The fraction of sp³-hybridized carbons (Fsp3) is 0.591. The minimum absolute atomic E-state index is 0.0231. The van der Waals surface area contributed by atoms with Gasteiger partial charge in [0.05, 0.1) is 18.9 Å². The van der Waals surface area contributed by atoms with Crippen molar-refractivity contribution in [2.45, 2.75) is 51.6 Å². The number of rotatable bonds is 8. The number of carboxylic acid groups (broad SMARTS) is 1. The summed E-state index contributed by atoms with van der Waals surface area (Å²) in [4.78, 5) is 40.3. The van der Waals surface area contributed by atoms with Crippen LogP contribution in [0.3, 0.4) is 0 Å². The Morgan fingerprint density at radius 2 is 2.00 bits per heavy atom. The molecule has 0 aromatic heterocycles. The molecule has 0 saturated carbocycles. The number of nitrogens with one attached hydrogen (secondary N) is 1. The van der Waals surface area contributed by atoms with Crippen molar-refractivity contribution < 1.29 is 29.3 Å². The Kier molecular flexibility index (Phi) is 6.08. The molecule has 0 aliphatic carbocycles. The molecule has 3 rings (SSSR count). The lowest BCUT2D eigenvalue weighted by molar-refractivity contribution is -0.152. The maximum atomic E-state index is 13.3. The fourth-order valence-corrected chi connectivity index (χ4v) is 4.90. The maximum Gasteiger partial charge on any atom is 0.324 e. The van der Waals surface area contributed by atoms with Crippen LogP contribution in [-0.4, -0.2) is 52.1 Å². The molecule has 164 valence electrons. The van der Waals surface area contributed by atoms with Gasteiger partial charge < -0.3 is 14.9 Å². The van der Waals surface area contributed by atoms with Crippen molar-refractivity contribution in [3.05, 3.63) is 23.8 Å². The monoisotopic (exact) mass is 418 g/mol. The number of phenols is 1. The molecule has 3 N–H and O–H groups in total. The Hall–Kier alpha value is -2.61. The van der Waals surface area contributed by atoms with Gasteiger partial charge in [-0.25, -0.2) is 0 Å². The maximum absolute atomic E-state index is 13.3. The van der Waals surface area contributed by atoms with E-state index in [1.54, 1.807) is 12.1 Å². The van der Waals surface area contributed by atoms with Gasteiger partial charge in [0.1, 0.15) is 17.0 Å². The third-order valence-corrected chi connectivity index (χ3v) is 6.17. The second kappa shape index (κ2) is 8.26. The summed E-state index contributed by atoms with van der Waals surface area (Å²) in [5, 5.41) is 23.9. The van der Waals surface area contributed by atoms with Crippen molar-refractivity contribution in [2.24, 2.45) is 17.8 Å². The molecule has 8 nitrogen and oxygen atoms in total. The van der Waals surface area contributed by atoms with Crippen molar-refractivity contribution in [2.75, 3.05) is 13.7 Å². The number of carboxylic acids is 1. The molecule has 0 bridgehead atoms. The van der Waals surface area contributed by atoms with Crippen molar-refractivity contribution in [1.29, 1.82) is 0 Å². The van der Waals surface area contributed by atoms with Crippen LogP contribution in [0.5, 0.6) is 11.5 Å². The summed E-state index contributed by atoms with van der Waals surface area (Å²) in [6.45, 7) is 6.01. The molecule has 1 aromatic rings. The number of hydrogen-bond donors (Lipinski definition) is 3. The molecule has 2 saturated heterocycles. The first kappa shape index (κ1) is 22.1. The summed E-state index contributed by atoms with van der Waals surface area (Å²) in [6.07, 6.45) is 1.66. The molecule has 8 heteroatoms. The predicted octanol–water partition coefficient (Wildman–Crippen LogP) is 2.32. The quantitative estimate of drug-likeness (QED) is 0.555. The van der Waals surface area contributed by atoms with Crippen molar-refractivity contribution in [1.82, 2.24) is 10.2 Å². The highest BCUT2D eigenvalue weighted by molar-refractivity contribution is 6.09. The lowest BCUT2D eigenvalue weighted by Gasteiger charge is -2.32. The highest BCUT2D eigenvalue weighted by Crippen LogP contribution is 2.52. The van der Waals surface area contributed by atoms with Crippen LogP contribution in [-0.2, 0) is 14.4 Å². The summed E-state index contributed by atoms with van der Waals surface area (Å²) in [7, 11) is 1.47. The van der Waals surface area contributed by atoms with Crippen LogP contribution in [0.25, 0.3) is 0 Å². The first-order chi connectivity index (χ1) is 14.2. The SMILES string of the molecule is CCCCN1C(=O)[C@@H]2[C@H](c3ccc(OC)cc3O)N[C@](CC(C)C)(C(=O)O)[C@H]2C1=O. The van der Waals surface area contributed by atoms with Gasteiger partial charge in [0.15, 0.2) is 0 Å². The van der Waals surface area contributed by atoms with Crippen LogP contribution < -0.4 is 10.1 Å². The molecule has 2 heterocycles. The van der Waals surface area contributed by atoms with Gasteiger partial charge in [-0.15, -0.1) is 0 Å². The molecule has 2 aliphatic heterocycles. The van der Waals surface area contributed by atoms with Crippen LogP contribution >= 0.6 is 0 Å². The van der Waals surface area contributed by atoms with E-state index in [9.17, 15) is 24.6 Å². The Morgan fingerprint density at radius 3 is 2.53 bits per heavy atom. The number of ether oxygens (including phenoxy) is 1. The van der Waals surface area contributed by atoms with Crippen molar-refractivity contribution >= 4 is 17.8 Å². The largest absolute Gasteiger partial charge is 0.507 e. The number of aromatic hydroxyl groups is 1. The highest BCUT2D eigenvalue weighted by Gasteiger charge is 2.68. The number of aliphatic carboxylic acids is 1. The Labute approximate surface area is 176 Å². The second-order valence-electron chi connectivity index (χ2n) is 8.61. The van der Waals surface area contributed by atoms with E-state index < -0.39 is 35.3 Å². The summed E-state index contributed by atoms with van der Waals surface area (Å²) in [5.74, 6) is -3.57. The van der Waals surface area contributed by atoms with E-state index in [2.05, 4.69) is 5.32 Å². The molecule has 2 fully saturated rings. The van der Waals surface area contributed by atoms with E-state index >= 15 is 0 Å². The predicted molar refractivity (Wildman–Crippen MR) is 109 cm³/mol. The smallest absolute Gasteiger partial charge is 0.324 e. The van der Waals surface area contributed by atoms with E-state index in [-0.39, 0.29) is 30.5 Å². The third-order valence-electron chi connectivity index (χ3n) is 6.17. The zero-order valence-electron chi connectivity index (χ0n) is 17.8. The molecule has 0 radical (unpaired) electrons. The Balaban J connectivity index is 2.12. The number of nitrogens with zero attached hydrogens (tertiary/aromatic N) is 1. The summed E-state index contributed by atoms with van der Waals surface area (Å²) in [6, 6.07) is 3.89. The zero-order valence-corrected chi connectivity index (χ0v) is 17.8. The van der Waals surface area contributed by atoms with Crippen molar-refractivity contribution in [3.63, 3.8) is 0 Å². The number of phenolic OH excluding ortho intramolecular Hbond substituents is 1. The van der Waals surface area contributed by atoms with Crippen molar-refractivity contribution in [3.8, 4) is 11.5 Å². The lowest BCUT2D eigenvalue weighted by Crippen LogP contribution is -2.56. The summed E-state index contributed by atoms with van der Waals surface area (Å²) < 4.78 is 5.13. The number of carbonyl (C=O) groups excluding carboxylic acids is 2. The molecule has 0 spiro atoms. The van der Waals surface area contributed by atoms with Gasteiger partial charge in [-0.2, -0.15) is 0 Å². The molecule has 4 atom stereocenters. The van der Waals surface area contributed by atoms with E-state index in [0.717, 1.165) is 6.42 Å². The minimum atomic E-state index is -1.58. The van der Waals surface area contributed by atoms with E-state index in [1.807, 2.05) is 20.8 Å². The van der Waals surface area contributed by atoms with E-state index in [4.69, 9.17) is 4.74 Å². The second-order valence-corrected chi connectivity index (χ2v) is 8.61. The Bertz CT molecular complexity index is 854. The number of hydrogen-bond acceptors (Lipinski definition) is 6. The van der Waals surface area contributed by atoms with Gasteiger partial charge in [-0.05, 0) is 24.8 Å². The van der Waals surface area contributed by atoms with Crippen LogP contribution in [0.1, 0.15) is 51.6 Å². The number of fused-ring (bicyclic) bond motifs is 1. The first-order valence-corrected chi connectivity index (χ1v) is 10.4. The number of methoxy groups -OCH3 is 1. The molecule has 1 aromatic carbocycles. The van der Waals surface area contributed by atoms with Gasteiger partial charge >= 0.3 is 5.97 Å². The molecule has 30 heavy (non-hydrogen) atoms. The van der Waals surface area contributed by atoms with Crippen LogP contribution in [0.2, 0.25) is 0 Å². The highest BCUT2D eigenvalue weighted by atomic mass is 16.5. The number of unbranched alkanes of at least 4 members (excludes halogenated alkanes) is 1. The average Bonchev–Trinajstić information content (AvgIpc) is 3.14. The topological polar surface area (TPSA) is 116 Å². The third kappa shape index (κ3) is 3.43. The summed E-state index contributed by atoms with van der Waals surface area (Å²) >= 11 is 0.